The zero-order valence-electron chi connectivity index (χ0n) is 11.7. The van der Waals surface area contributed by atoms with Crippen LogP contribution in [-0.4, -0.2) is 14.7 Å². The first-order chi connectivity index (χ1) is 9.77. The second kappa shape index (κ2) is 6.26. The number of anilines is 1. The van der Waals surface area contributed by atoms with Crippen LogP contribution in [0, 0.1) is 6.92 Å². The molecule has 0 radical (unpaired) electrons. The number of sulfonamides is 1. The number of hydrogen-bond donors (Lipinski definition) is 0. The molecule has 0 aliphatic rings. The summed E-state index contributed by atoms with van der Waals surface area (Å²) in [5, 5.41) is 0.855. The molecule has 0 aliphatic carbocycles. The van der Waals surface area contributed by atoms with E-state index in [0.29, 0.717) is 15.7 Å². The van der Waals surface area contributed by atoms with Crippen molar-refractivity contribution in [3.8, 4) is 0 Å². The first-order valence-electron chi connectivity index (χ1n) is 6.25. The summed E-state index contributed by atoms with van der Waals surface area (Å²) in [6.07, 6.45) is 1.19. The second-order valence-electron chi connectivity index (χ2n) is 4.86. The molecule has 0 bridgehead atoms. The summed E-state index contributed by atoms with van der Waals surface area (Å²) in [5.74, 6) is 0. The van der Waals surface area contributed by atoms with Gasteiger partial charge in [0.25, 0.3) is 0 Å². The molecule has 112 valence electrons. The van der Waals surface area contributed by atoms with E-state index in [0.717, 1.165) is 11.1 Å². The van der Waals surface area contributed by atoms with Gasteiger partial charge < -0.3 is 0 Å². The van der Waals surface area contributed by atoms with Crippen LogP contribution in [0.15, 0.2) is 42.5 Å². The predicted molar refractivity (Wildman–Crippen MR) is 88.7 cm³/mol. The second-order valence-corrected chi connectivity index (χ2v) is 7.58. The van der Waals surface area contributed by atoms with Crippen molar-refractivity contribution in [1.82, 2.24) is 0 Å². The lowest BCUT2D eigenvalue weighted by molar-refractivity contribution is 0.596. The van der Waals surface area contributed by atoms with Crippen molar-refractivity contribution < 1.29 is 8.42 Å². The van der Waals surface area contributed by atoms with Gasteiger partial charge in [0, 0.05) is 0 Å². The molecule has 2 aromatic carbocycles. The fourth-order valence-electron chi connectivity index (χ4n) is 1.99. The normalized spacial score (nSPS) is 11.4. The number of hydrogen-bond acceptors (Lipinski definition) is 2. The quantitative estimate of drug-likeness (QED) is 0.831. The van der Waals surface area contributed by atoms with E-state index < -0.39 is 10.0 Å². The largest absolute Gasteiger partial charge is 0.266 e. The fraction of sp³-hybridized carbons (Fsp3) is 0.200. The minimum Gasteiger partial charge on any atom is -0.266 e. The minimum absolute atomic E-state index is 0.208. The molecule has 0 aromatic heterocycles. The molecule has 0 heterocycles. The topological polar surface area (TPSA) is 37.4 Å². The Kier molecular flexibility index (Phi) is 4.81. The number of benzene rings is 2. The van der Waals surface area contributed by atoms with Gasteiger partial charge >= 0.3 is 0 Å². The summed E-state index contributed by atoms with van der Waals surface area (Å²) >= 11 is 11.9. The van der Waals surface area contributed by atoms with E-state index in [1.54, 1.807) is 24.3 Å². The van der Waals surface area contributed by atoms with Crippen molar-refractivity contribution in [3.05, 3.63) is 63.6 Å². The van der Waals surface area contributed by atoms with Crippen molar-refractivity contribution in [3.63, 3.8) is 0 Å². The monoisotopic (exact) mass is 343 g/mol. The lowest BCUT2D eigenvalue weighted by Gasteiger charge is -2.23. The van der Waals surface area contributed by atoms with Crippen molar-refractivity contribution >= 4 is 38.9 Å². The van der Waals surface area contributed by atoms with Gasteiger partial charge in [0.2, 0.25) is 10.0 Å². The summed E-state index contributed by atoms with van der Waals surface area (Å²) in [5.41, 5.74) is 2.40. The SMILES string of the molecule is Cc1cccc(N(Cc2ccc(Cl)c(Cl)c2)S(C)(=O)=O)c1. The first-order valence-corrected chi connectivity index (χ1v) is 8.86. The van der Waals surface area contributed by atoms with Gasteiger partial charge in [-0.15, -0.1) is 0 Å². The lowest BCUT2D eigenvalue weighted by Crippen LogP contribution is -2.29. The number of nitrogens with zero attached hydrogens (tertiary/aromatic N) is 1. The van der Waals surface area contributed by atoms with Crippen molar-refractivity contribution in [2.45, 2.75) is 13.5 Å². The average molecular weight is 344 g/mol. The van der Waals surface area contributed by atoms with Crippen molar-refractivity contribution in [2.24, 2.45) is 0 Å². The van der Waals surface area contributed by atoms with Crippen molar-refractivity contribution in [2.75, 3.05) is 10.6 Å². The number of rotatable bonds is 4. The Hall–Kier alpha value is -1.23. The highest BCUT2D eigenvalue weighted by molar-refractivity contribution is 7.92. The van der Waals surface area contributed by atoms with Gasteiger partial charge in [0.1, 0.15) is 0 Å². The molecule has 0 N–H and O–H groups in total. The highest BCUT2D eigenvalue weighted by Gasteiger charge is 2.18. The molecule has 21 heavy (non-hydrogen) atoms. The van der Waals surface area contributed by atoms with Gasteiger partial charge in [-0.2, -0.15) is 0 Å². The van der Waals surface area contributed by atoms with Crippen LogP contribution in [0.5, 0.6) is 0 Å². The highest BCUT2D eigenvalue weighted by atomic mass is 35.5. The van der Waals surface area contributed by atoms with Crippen LogP contribution in [0.25, 0.3) is 0 Å². The summed E-state index contributed by atoms with van der Waals surface area (Å²) < 4.78 is 25.5. The van der Waals surface area contributed by atoms with E-state index in [1.807, 2.05) is 25.1 Å². The van der Waals surface area contributed by atoms with E-state index in [4.69, 9.17) is 23.2 Å². The predicted octanol–water partition coefficient (Wildman–Crippen LogP) is 4.27. The van der Waals surface area contributed by atoms with Gasteiger partial charge in [0.15, 0.2) is 0 Å². The molecule has 0 fully saturated rings. The standard InChI is InChI=1S/C15H15Cl2NO2S/c1-11-4-3-5-13(8-11)18(21(2,19)20)10-12-6-7-14(16)15(17)9-12/h3-9H,10H2,1-2H3. The van der Waals surface area contributed by atoms with Gasteiger partial charge in [-0.1, -0.05) is 41.4 Å². The van der Waals surface area contributed by atoms with Gasteiger partial charge in [-0.25, -0.2) is 8.42 Å². The molecule has 0 amide bonds. The molecule has 0 atom stereocenters. The summed E-state index contributed by atoms with van der Waals surface area (Å²) in [6, 6.07) is 12.5. The average Bonchev–Trinajstić information content (AvgIpc) is 2.38. The molecule has 0 saturated heterocycles. The molecule has 0 unspecified atom stereocenters. The third-order valence-electron chi connectivity index (χ3n) is 3.00. The molecule has 0 saturated carbocycles. The van der Waals surface area contributed by atoms with Crippen LogP contribution in [0.3, 0.4) is 0 Å². The van der Waals surface area contributed by atoms with Crippen LogP contribution in [-0.2, 0) is 16.6 Å². The smallest absolute Gasteiger partial charge is 0.232 e. The molecule has 2 aromatic rings. The molecule has 3 nitrogen and oxygen atoms in total. The Labute approximate surface area is 135 Å². The van der Waals surface area contributed by atoms with Crippen LogP contribution in [0.2, 0.25) is 10.0 Å². The van der Waals surface area contributed by atoms with E-state index >= 15 is 0 Å². The third kappa shape index (κ3) is 4.13. The Morgan fingerprint density at radius 3 is 2.33 bits per heavy atom. The van der Waals surface area contributed by atoms with Crippen LogP contribution in [0.1, 0.15) is 11.1 Å². The van der Waals surface area contributed by atoms with E-state index in [-0.39, 0.29) is 6.54 Å². The van der Waals surface area contributed by atoms with Crippen LogP contribution >= 0.6 is 23.2 Å². The molecule has 0 spiro atoms. The molecular weight excluding hydrogens is 329 g/mol. The number of aryl methyl sites for hydroxylation is 1. The summed E-state index contributed by atoms with van der Waals surface area (Å²) in [4.78, 5) is 0. The fourth-order valence-corrected chi connectivity index (χ4v) is 3.19. The Morgan fingerprint density at radius 2 is 1.76 bits per heavy atom. The first kappa shape index (κ1) is 16.1. The summed E-state index contributed by atoms with van der Waals surface area (Å²) in [7, 11) is -3.40. The maximum atomic E-state index is 12.1. The summed E-state index contributed by atoms with van der Waals surface area (Å²) in [6.45, 7) is 2.13. The van der Waals surface area contributed by atoms with Gasteiger partial charge in [0.05, 0.1) is 28.5 Å². The zero-order chi connectivity index (χ0) is 15.6. The Bertz CT molecular complexity index is 760. The van der Waals surface area contributed by atoms with Crippen LogP contribution in [0.4, 0.5) is 5.69 Å². The number of halogens is 2. The minimum atomic E-state index is -3.40. The highest BCUT2D eigenvalue weighted by Crippen LogP contribution is 2.26. The maximum absolute atomic E-state index is 12.1. The lowest BCUT2D eigenvalue weighted by atomic mass is 10.2. The van der Waals surface area contributed by atoms with Gasteiger partial charge in [-0.3, -0.25) is 4.31 Å². The zero-order valence-corrected chi connectivity index (χ0v) is 14.0. The van der Waals surface area contributed by atoms with Gasteiger partial charge in [-0.05, 0) is 42.3 Å². The Balaban J connectivity index is 2.40. The van der Waals surface area contributed by atoms with Crippen molar-refractivity contribution in [1.29, 1.82) is 0 Å². The molecule has 2 rings (SSSR count). The van der Waals surface area contributed by atoms with E-state index in [9.17, 15) is 8.42 Å². The van der Waals surface area contributed by atoms with Crippen LogP contribution < -0.4 is 4.31 Å². The van der Waals surface area contributed by atoms with E-state index in [1.165, 1.54) is 10.6 Å². The maximum Gasteiger partial charge on any atom is 0.232 e. The van der Waals surface area contributed by atoms with E-state index in [2.05, 4.69) is 0 Å². The Morgan fingerprint density at radius 1 is 1.05 bits per heavy atom. The molecule has 6 heteroatoms. The molecular formula is C15H15Cl2NO2S. The molecule has 0 aliphatic heterocycles. The third-order valence-corrected chi connectivity index (χ3v) is 4.88.